The van der Waals surface area contributed by atoms with Crippen molar-refractivity contribution in [3.8, 4) is 11.4 Å². The molecule has 188 valence electrons. The quantitative estimate of drug-likeness (QED) is 0.650. The first-order valence-corrected chi connectivity index (χ1v) is 13.4. The van der Waals surface area contributed by atoms with Gasteiger partial charge in [-0.1, -0.05) is 19.9 Å². The van der Waals surface area contributed by atoms with E-state index in [1.807, 2.05) is 12.1 Å². The van der Waals surface area contributed by atoms with Crippen molar-refractivity contribution >= 4 is 17.6 Å². The van der Waals surface area contributed by atoms with Crippen molar-refractivity contribution in [2.45, 2.75) is 64.8 Å². The Hall–Kier alpha value is -3.09. The van der Waals surface area contributed by atoms with Gasteiger partial charge in [0.2, 0.25) is 11.8 Å². The van der Waals surface area contributed by atoms with Crippen LogP contribution in [0.3, 0.4) is 0 Å². The zero-order chi connectivity index (χ0) is 24.9. The molecule has 6 rings (SSSR count). The fraction of sp³-hybridized carbons (Fsp3) is 0.552. The standard InChI is InChI=1S/C29H35N5O2/c1-28-12-10-22-20(6-8-23-29(22,2)13-11-25(35)33-23)21(28)7-5-19(28)16-26(36)34-24-9-4-18(17-32-24)27-30-14-3-15-31-27/h3-4,9,11,13-15,17,19-23H,5-8,10,12,16H2,1-2H3,(H,33,35)(H,32,34,36)/t19-,20+,21+,22+,23-,28-,29-/m1/s1. The van der Waals surface area contributed by atoms with E-state index >= 15 is 0 Å². The predicted molar refractivity (Wildman–Crippen MR) is 137 cm³/mol. The SMILES string of the molecule is C[C@]12C=CC(=O)N[C@@H]1CC[C@@H]1[C@@H]2CC[C@]2(C)[C@@H](CC(=O)Nc3ccc(-c4ncccn4)cn3)CC[C@@H]12. The van der Waals surface area contributed by atoms with Gasteiger partial charge in [0.25, 0.3) is 0 Å². The van der Waals surface area contributed by atoms with Gasteiger partial charge >= 0.3 is 0 Å². The number of hydrogen-bond acceptors (Lipinski definition) is 5. The molecule has 4 aliphatic rings. The molecule has 2 aromatic heterocycles. The second-order valence-electron chi connectivity index (χ2n) is 11.8. The molecule has 7 nitrogen and oxygen atoms in total. The maximum atomic E-state index is 13.1. The minimum Gasteiger partial charge on any atom is -0.349 e. The monoisotopic (exact) mass is 485 g/mol. The summed E-state index contributed by atoms with van der Waals surface area (Å²) in [5.41, 5.74) is 1.08. The van der Waals surface area contributed by atoms with Gasteiger partial charge in [0.05, 0.1) is 0 Å². The van der Waals surface area contributed by atoms with Crippen LogP contribution in [-0.4, -0.2) is 32.8 Å². The Labute approximate surface area is 212 Å². The Kier molecular flexibility index (Phi) is 5.69. The Balaban J connectivity index is 1.12. The van der Waals surface area contributed by atoms with Crippen LogP contribution in [0.25, 0.3) is 11.4 Å². The van der Waals surface area contributed by atoms with Gasteiger partial charge in [-0.3, -0.25) is 9.59 Å². The molecule has 7 atom stereocenters. The molecule has 3 heterocycles. The summed E-state index contributed by atoms with van der Waals surface area (Å²) in [6, 6.07) is 5.76. The van der Waals surface area contributed by atoms with Gasteiger partial charge in [0.1, 0.15) is 5.82 Å². The number of carbonyl (C=O) groups is 2. The maximum absolute atomic E-state index is 13.1. The summed E-state index contributed by atoms with van der Waals surface area (Å²) in [6.45, 7) is 4.80. The average molecular weight is 486 g/mol. The molecule has 0 unspecified atom stereocenters. The van der Waals surface area contributed by atoms with Gasteiger partial charge in [-0.05, 0) is 91.9 Å². The lowest BCUT2D eigenvalue weighted by atomic mass is 9.48. The number of pyridine rings is 1. The number of anilines is 1. The normalized spacial score (nSPS) is 36.8. The molecule has 3 aliphatic carbocycles. The highest BCUT2D eigenvalue weighted by atomic mass is 16.2. The van der Waals surface area contributed by atoms with E-state index in [1.54, 1.807) is 30.7 Å². The third-order valence-corrected chi connectivity index (χ3v) is 10.2. The smallest absolute Gasteiger partial charge is 0.243 e. The van der Waals surface area contributed by atoms with E-state index < -0.39 is 0 Å². The first kappa shape index (κ1) is 23.3. The molecule has 2 aromatic rings. The molecule has 0 saturated heterocycles. The molecule has 2 amide bonds. The Morgan fingerprint density at radius 2 is 1.89 bits per heavy atom. The van der Waals surface area contributed by atoms with Crippen LogP contribution < -0.4 is 10.6 Å². The van der Waals surface area contributed by atoms with Gasteiger partial charge in [0, 0.05) is 42.0 Å². The number of rotatable bonds is 4. The van der Waals surface area contributed by atoms with Crippen molar-refractivity contribution in [2.75, 3.05) is 5.32 Å². The summed E-state index contributed by atoms with van der Waals surface area (Å²) in [6.07, 6.45) is 16.5. The van der Waals surface area contributed by atoms with Crippen LogP contribution in [0.2, 0.25) is 0 Å². The topological polar surface area (TPSA) is 96.9 Å². The molecule has 3 saturated carbocycles. The predicted octanol–water partition coefficient (Wildman–Crippen LogP) is 4.78. The lowest BCUT2D eigenvalue weighted by Crippen LogP contribution is -2.59. The molecule has 0 bridgehead atoms. The summed E-state index contributed by atoms with van der Waals surface area (Å²) in [7, 11) is 0. The van der Waals surface area contributed by atoms with Gasteiger partial charge in [-0.15, -0.1) is 0 Å². The van der Waals surface area contributed by atoms with Gasteiger partial charge < -0.3 is 10.6 Å². The summed E-state index contributed by atoms with van der Waals surface area (Å²) >= 11 is 0. The highest BCUT2D eigenvalue weighted by Crippen LogP contribution is 2.65. The second kappa shape index (κ2) is 8.79. The van der Waals surface area contributed by atoms with Gasteiger partial charge in [-0.25, -0.2) is 15.0 Å². The Morgan fingerprint density at radius 3 is 2.67 bits per heavy atom. The van der Waals surface area contributed by atoms with Crippen LogP contribution in [0.1, 0.15) is 58.8 Å². The molecular formula is C29H35N5O2. The van der Waals surface area contributed by atoms with Crippen LogP contribution in [0.15, 0.2) is 48.9 Å². The summed E-state index contributed by atoms with van der Waals surface area (Å²) in [5, 5.41) is 6.26. The first-order valence-electron chi connectivity index (χ1n) is 13.4. The number of fused-ring (bicyclic) bond motifs is 5. The zero-order valence-electron chi connectivity index (χ0n) is 21.1. The van der Waals surface area contributed by atoms with E-state index in [4.69, 9.17) is 0 Å². The molecule has 0 radical (unpaired) electrons. The van der Waals surface area contributed by atoms with Crippen LogP contribution >= 0.6 is 0 Å². The number of amides is 2. The van der Waals surface area contributed by atoms with Gasteiger partial charge in [-0.2, -0.15) is 0 Å². The highest BCUT2D eigenvalue weighted by Gasteiger charge is 2.59. The molecule has 0 aromatic carbocycles. The summed E-state index contributed by atoms with van der Waals surface area (Å²) in [5.74, 6) is 3.63. The van der Waals surface area contributed by atoms with Crippen molar-refractivity contribution in [3.05, 3.63) is 48.9 Å². The first-order chi connectivity index (χ1) is 17.4. The van der Waals surface area contributed by atoms with Crippen molar-refractivity contribution in [2.24, 2.45) is 34.5 Å². The average Bonchev–Trinajstić information content (AvgIpc) is 3.21. The number of carbonyl (C=O) groups excluding carboxylic acids is 2. The van der Waals surface area contributed by atoms with Crippen molar-refractivity contribution in [1.82, 2.24) is 20.3 Å². The molecule has 36 heavy (non-hydrogen) atoms. The lowest BCUT2D eigenvalue weighted by Gasteiger charge is -2.59. The third-order valence-electron chi connectivity index (χ3n) is 10.2. The van der Waals surface area contributed by atoms with E-state index in [2.05, 4.69) is 45.5 Å². The number of aromatic nitrogens is 3. The fourth-order valence-corrected chi connectivity index (χ4v) is 8.24. The molecular weight excluding hydrogens is 450 g/mol. The minimum absolute atomic E-state index is 0.0498. The fourth-order valence-electron chi connectivity index (χ4n) is 8.24. The largest absolute Gasteiger partial charge is 0.349 e. The Morgan fingerprint density at radius 1 is 1.06 bits per heavy atom. The molecule has 3 fully saturated rings. The van der Waals surface area contributed by atoms with Crippen LogP contribution in [0.4, 0.5) is 5.82 Å². The zero-order valence-corrected chi connectivity index (χ0v) is 21.1. The maximum Gasteiger partial charge on any atom is 0.243 e. The number of nitrogens with one attached hydrogen (secondary N) is 2. The van der Waals surface area contributed by atoms with E-state index in [0.29, 0.717) is 41.7 Å². The van der Waals surface area contributed by atoms with Crippen LogP contribution in [-0.2, 0) is 9.59 Å². The summed E-state index contributed by atoms with van der Waals surface area (Å²) in [4.78, 5) is 38.0. The molecule has 0 spiro atoms. The van der Waals surface area contributed by atoms with E-state index in [0.717, 1.165) is 24.8 Å². The van der Waals surface area contributed by atoms with Crippen LogP contribution in [0.5, 0.6) is 0 Å². The molecule has 7 heteroatoms. The van der Waals surface area contributed by atoms with E-state index in [9.17, 15) is 9.59 Å². The lowest BCUT2D eigenvalue weighted by molar-refractivity contribution is -0.123. The van der Waals surface area contributed by atoms with Crippen LogP contribution in [0, 0.1) is 34.5 Å². The van der Waals surface area contributed by atoms with E-state index in [-0.39, 0.29) is 28.7 Å². The second-order valence-corrected chi connectivity index (χ2v) is 11.8. The van der Waals surface area contributed by atoms with Gasteiger partial charge in [0.15, 0.2) is 5.82 Å². The minimum atomic E-state index is 0.0498. The number of hydrogen-bond donors (Lipinski definition) is 2. The Bertz CT molecular complexity index is 1180. The number of nitrogens with zero attached hydrogens (tertiary/aromatic N) is 3. The highest BCUT2D eigenvalue weighted by molar-refractivity contribution is 5.90. The van der Waals surface area contributed by atoms with Crippen molar-refractivity contribution in [1.29, 1.82) is 0 Å². The van der Waals surface area contributed by atoms with E-state index in [1.165, 1.54) is 19.3 Å². The molecule has 2 N–H and O–H groups in total. The summed E-state index contributed by atoms with van der Waals surface area (Å²) < 4.78 is 0. The molecule has 1 aliphatic heterocycles. The van der Waals surface area contributed by atoms with Crippen molar-refractivity contribution in [3.63, 3.8) is 0 Å². The third kappa shape index (κ3) is 3.84. The van der Waals surface area contributed by atoms with Crippen molar-refractivity contribution < 1.29 is 9.59 Å².